The Morgan fingerprint density at radius 1 is 1.33 bits per heavy atom. The molecule has 0 aliphatic rings. The van der Waals surface area contributed by atoms with Gasteiger partial charge in [0.05, 0.1) is 34.1 Å². The van der Waals surface area contributed by atoms with Crippen LogP contribution < -0.4 is 15.8 Å². The van der Waals surface area contributed by atoms with E-state index in [9.17, 15) is 4.79 Å². The molecule has 0 unspecified atom stereocenters. The molecule has 5 nitrogen and oxygen atoms in total. The number of aromatic nitrogens is 1. The van der Waals surface area contributed by atoms with Crippen LogP contribution in [0.25, 0.3) is 10.2 Å². The minimum Gasteiger partial charge on any atom is -0.495 e. The minimum atomic E-state index is -0.268. The molecule has 0 bridgehead atoms. The molecule has 2 aromatic carbocycles. The lowest BCUT2D eigenvalue weighted by Crippen LogP contribution is -2.14. The zero-order valence-electron chi connectivity index (χ0n) is 11.3. The molecule has 21 heavy (non-hydrogen) atoms. The highest BCUT2D eigenvalue weighted by Gasteiger charge is 2.13. The van der Waals surface area contributed by atoms with Gasteiger partial charge >= 0.3 is 0 Å². The largest absolute Gasteiger partial charge is 0.495 e. The summed E-state index contributed by atoms with van der Waals surface area (Å²) >= 11 is 1.53. The average Bonchev–Trinajstić information content (AvgIpc) is 2.95. The number of para-hydroxylation sites is 1. The Morgan fingerprint density at radius 2 is 2.19 bits per heavy atom. The van der Waals surface area contributed by atoms with Crippen LogP contribution in [0.15, 0.2) is 41.9 Å². The standard InChI is InChI=1S/C15H13N3O2S/c1-20-12-4-2-3-10(14(12)16)15(19)18-9-5-6-11-13(7-9)21-8-17-11/h2-8H,16H2,1H3,(H,18,19). The van der Waals surface area contributed by atoms with E-state index in [1.165, 1.54) is 18.4 Å². The summed E-state index contributed by atoms with van der Waals surface area (Å²) in [5.74, 6) is 0.218. The summed E-state index contributed by atoms with van der Waals surface area (Å²) in [6, 6.07) is 10.7. The summed E-state index contributed by atoms with van der Waals surface area (Å²) in [5.41, 5.74) is 10.0. The van der Waals surface area contributed by atoms with Gasteiger partial charge in [-0.2, -0.15) is 0 Å². The van der Waals surface area contributed by atoms with Crippen molar-refractivity contribution in [2.24, 2.45) is 0 Å². The number of nitrogens with zero attached hydrogens (tertiary/aromatic N) is 1. The van der Waals surface area contributed by atoms with Crippen molar-refractivity contribution in [2.45, 2.75) is 0 Å². The fourth-order valence-electron chi connectivity index (χ4n) is 2.05. The van der Waals surface area contributed by atoms with Crippen LogP contribution in [0.4, 0.5) is 11.4 Å². The Kier molecular flexibility index (Phi) is 3.45. The lowest BCUT2D eigenvalue weighted by atomic mass is 10.1. The molecule has 0 saturated carbocycles. The van der Waals surface area contributed by atoms with Crippen LogP contribution in [-0.4, -0.2) is 18.0 Å². The molecule has 3 aromatic rings. The van der Waals surface area contributed by atoms with E-state index in [4.69, 9.17) is 10.5 Å². The third kappa shape index (κ3) is 2.53. The fraction of sp³-hybridized carbons (Fsp3) is 0.0667. The Labute approximate surface area is 125 Å². The SMILES string of the molecule is COc1cccc(C(=O)Nc2ccc3ncsc3c2)c1N. The number of hydrogen-bond acceptors (Lipinski definition) is 5. The summed E-state index contributed by atoms with van der Waals surface area (Å²) < 4.78 is 6.14. The molecular weight excluding hydrogens is 286 g/mol. The number of carbonyl (C=O) groups excluding carboxylic acids is 1. The van der Waals surface area contributed by atoms with Crippen molar-refractivity contribution in [3.8, 4) is 5.75 Å². The lowest BCUT2D eigenvalue weighted by Gasteiger charge is -2.10. The van der Waals surface area contributed by atoms with Crippen molar-refractivity contribution < 1.29 is 9.53 Å². The van der Waals surface area contributed by atoms with E-state index in [1.54, 1.807) is 23.7 Å². The Hall–Kier alpha value is -2.60. The maximum Gasteiger partial charge on any atom is 0.257 e. The molecule has 1 amide bonds. The molecule has 106 valence electrons. The molecule has 0 aliphatic heterocycles. The van der Waals surface area contributed by atoms with E-state index in [1.807, 2.05) is 18.2 Å². The van der Waals surface area contributed by atoms with Crippen molar-refractivity contribution in [1.29, 1.82) is 0 Å². The Bertz CT molecular complexity index is 814. The van der Waals surface area contributed by atoms with Crippen LogP contribution in [0, 0.1) is 0 Å². The number of ether oxygens (including phenoxy) is 1. The number of nitrogens with one attached hydrogen (secondary N) is 1. The minimum absolute atomic E-state index is 0.268. The van der Waals surface area contributed by atoms with Gasteiger partial charge in [-0.05, 0) is 30.3 Å². The number of amides is 1. The van der Waals surface area contributed by atoms with Crippen molar-refractivity contribution in [1.82, 2.24) is 4.98 Å². The first-order valence-corrected chi connectivity index (χ1v) is 7.14. The first kappa shape index (κ1) is 13.4. The van der Waals surface area contributed by atoms with Gasteiger partial charge in [0.25, 0.3) is 5.91 Å². The van der Waals surface area contributed by atoms with E-state index < -0.39 is 0 Å². The number of nitrogens with two attached hydrogens (primary N) is 1. The summed E-state index contributed by atoms with van der Waals surface area (Å²) in [6.07, 6.45) is 0. The second-order valence-corrected chi connectivity index (χ2v) is 5.30. The van der Waals surface area contributed by atoms with Crippen molar-refractivity contribution in [3.63, 3.8) is 0 Å². The lowest BCUT2D eigenvalue weighted by molar-refractivity contribution is 0.102. The smallest absolute Gasteiger partial charge is 0.257 e. The van der Waals surface area contributed by atoms with Gasteiger partial charge < -0.3 is 15.8 Å². The molecule has 0 aliphatic carbocycles. The third-order valence-electron chi connectivity index (χ3n) is 3.12. The first-order chi connectivity index (χ1) is 10.2. The second-order valence-electron chi connectivity index (χ2n) is 4.41. The second kappa shape index (κ2) is 5.41. The average molecular weight is 299 g/mol. The van der Waals surface area contributed by atoms with Gasteiger partial charge in [-0.3, -0.25) is 4.79 Å². The first-order valence-electron chi connectivity index (χ1n) is 6.26. The molecule has 0 saturated heterocycles. The molecule has 0 radical (unpaired) electrons. The summed E-state index contributed by atoms with van der Waals surface area (Å²) in [6.45, 7) is 0. The number of hydrogen-bond donors (Lipinski definition) is 2. The molecule has 0 atom stereocenters. The van der Waals surface area contributed by atoms with Gasteiger partial charge in [0.15, 0.2) is 0 Å². The van der Waals surface area contributed by atoms with E-state index in [-0.39, 0.29) is 5.91 Å². The zero-order valence-corrected chi connectivity index (χ0v) is 12.1. The normalized spacial score (nSPS) is 10.5. The maximum absolute atomic E-state index is 12.3. The summed E-state index contributed by atoms with van der Waals surface area (Å²) in [4.78, 5) is 16.5. The van der Waals surface area contributed by atoms with Crippen LogP contribution >= 0.6 is 11.3 Å². The molecule has 0 spiro atoms. The zero-order chi connectivity index (χ0) is 14.8. The topological polar surface area (TPSA) is 77.2 Å². The van der Waals surface area contributed by atoms with E-state index >= 15 is 0 Å². The third-order valence-corrected chi connectivity index (χ3v) is 3.91. The highest BCUT2D eigenvalue weighted by Crippen LogP contribution is 2.26. The van der Waals surface area contributed by atoms with E-state index in [0.717, 1.165) is 10.2 Å². The fourth-order valence-corrected chi connectivity index (χ4v) is 2.77. The van der Waals surface area contributed by atoms with E-state index in [2.05, 4.69) is 10.3 Å². The number of carbonyl (C=O) groups is 1. The molecule has 3 N–H and O–H groups in total. The Morgan fingerprint density at radius 3 is 3.00 bits per heavy atom. The van der Waals surface area contributed by atoms with Gasteiger partial charge in [-0.25, -0.2) is 4.98 Å². The molecule has 6 heteroatoms. The molecule has 1 aromatic heterocycles. The monoisotopic (exact) mass is 299 g/mol. The molecule has 3 rings (SSSR count). The summed E-state index contributed by atoms with van der Waals surface area (Å²) in [5, 5.41) is 2.84. The highest BCUT2D eigenvalue weighted by atomic mass is 32.1. The predicted octanol–water partition coefficient (Wildman–Crippen LogP) is 3.14. The number of benzene rings is 2. The molecule has 1 heterocycles. The quantitative estimate of drug-likeness (QED) is 0.728. The van der Waals surface area contributed by atoms with Gasteiger partial charge in [0.1, 0.15) is 5.75 Å². The van der Waals surface area contributed by atoms with Gasteiger partial charge in [-0.1, -0.05) is 6.07 Å². The summed E-state index contributed by atoms with van der Waals surface area (Å²) in [7, 11) is 1.52. The maximum atomic E-state index is 12.3. The van der Waals surface area contributed by atoms with Gasteiger partial charge in [-0.15, -0.1) is 11.3 Å². The molecular formula is C15H13N3O2S. The van der Waals surface area contributed by atoms with Crippen molar-refractivity contribution in [2.75, 3.05) is 18.2 Å². The predicted molar refractivity (Wildman–Crippen MR) is 85.0 cm³/mol. The van der Waals surface area contributed by atoms with Crippen LogP contribution in [0.5, 0.6) is 5.75 Å². The number of nitrogen functional groups attached to an aromatic ring is 1. The number of rotatable bonds is 3. The van der Waals surface area contributed by atoms with Crippen LogP contribution in [0.2, 0.25) is 0 Å². The number of thiazole rings is 1. The number of fused-ring (bicyclic) bond motifs is 1. The van der Waals surface area contributed by atoms with E-state index in [0.29, 0.717) is 22.7 Å². The van der Waals surface area contributed by atoms with Crippen LogP contribution in [-0.2, 0) is 0 Å². The van der Waals surface area contributed by atoms with Gasteiger partial charge in [0.2, 0.25) is 0 Å². The van der Waals surface area contributed by atoms with Crippen molar-refractivity contribution in [3.05, 3.63) is 47.5 Å². The van der Waals surface area contributed by atoms with Crippen molar-refractivity contribution >= 4 is 38.8 Å². The number of anilines is 2. The van der Waals surface area contributed by atoms with Crippen LogP contribution in [0.1, 0.15) is 10.4 Å². The number of methoxy groups -OCH3 is 1. The highest BCUT2D eigenvalue weighted by molar-refractivity contribution is 7.16. The Balaban J connectivity index is 1.89. The molecule has 0 fully saturated rings. The van der Waals surface area contributed by atoms with Crippen LogP contribution in [0.3, 0.4) is 0 Å². The van der Waals surface area contributed by atoms with Gasteiger partial charge in [0, 0.05) is 5.69 Å².